The Hall–Kier alpha value is -1.67. The van der Waals surface area contributed by atoms with Gasteiger partial charge in [-0.2, -0.15) is 0 Å². The van der Waals surface area contributed by atoms with Crippen LogP contribution in [0.1, 0.15) is 22.8 Å². The van der Waals surface area contributed by atoms with E-state index in [1.54, 1.807) is 42.5 Å². The van der Waals surface area contributed by atoms with Crippen molar-refractivity contribution in [3.8, 4) is 5.75 Å². The lowest BCUT2D eigenvalue weighted by atomic mass is 9.90. The van der Waals surface area contributed by atoms with Crippen molar-refractivity contribution >= 4 is 11.6 Å². The van der Waals surface area contributed by atoms with Gasteiger partial charge in [0.1, 0.15) is 36.3 Å². The van der Waals surface area contributed by atoms with Gasteiger partial charge in [-0.3, -0.25) is 0 Å². The Balaban J connectivity index is 1.87. The van der Waals surface area contributed by atoms with Crippen LogP contribution in [-0.4, -0.2) is 56.6 Å². The van der Waals surface area contributed by atoms with E-state index < -0.39 is 37.1 Å². The quantitative estimate of drug-likeness (QED) is 0.544. The predicted molar refractivity (Wildman–Crippen MR) is 95.1 cm³/mol. The highest BCUT2D eigenvalue weighted by molar-refractivity contribution is 6.31. The molecule has 1 aliphatic rings. The summed E-state index contributed by atoms with van der Waals surface area (Å²) in [5, 5.41) is 49.4. The predicted octanol–water partition coefficient (Wildman–Crippen LogP) is 1.15. The Labute approximate surface area is 155 Å². The molecule has 7 heteroatoms. The Kier molecular flexibility index (Phi) is 5.82. The van der Waals surface area contributed by atoms with Crippen molar-refractivity contribution in [2.75, 3.05) is 6.61 Å². The standard InChI is InChI=1S/C19H21ClO6/c20-14-6-3-11(8-12(14)7-10-1-4-13(22)5-2-10)19-18(25)17(24)16(23)15(9-21)26-19/h1-6,8,15-19,21-25H,7,9H2/t15-,16+,17+,18+,19?/m1/s1. The van der Waals surface area contributed by atoms with Crippen molar-refractivity contribution in [1.29, 1.82) is 0 Å². The molecule has 2 aromatic rings. The van der Waals surface area contributed by atoms with E-state index in [4.69, 9.17) is 16.3 Å². The van der Waals surface area contributed by atoms with Gasteiger partial charge in [-0.1, -0.05) is 35.9 Å². The van der Waals surface area contributed by atoms with Crippen LogP contribution in [-0.2, 0) is 11.2 Å². The van der Waals surface area contributed by atoms with Gasteiger partial charge < -0.3 is 30.3 Å². The lowest BCUT2D eigenvalue weighted by Crippen LogP contribution is -2.55. The summed E-state index contributed by atoms with van der Waals surface area (Å²) in [6.07, 6.45) is -5.52. The second kappa shape index (κ2) is 7.92. The van der Waals surface area contributed by atoms with E-state index in [0.717, 1.165) is 11.1 Å². The number of halogens is 1. The summed E-state index contributed by atoms with van der Waals surface area (Å²) in [6, 6.07) is 11.9. The molecule has 1 heterocycles. The summed E-state index contributed by atoms with van der Waals surface area (Å²) in [7, 11) is 0. The zero-order valence-corrected chi connectivity index (χ0v) is 14.6. The maximum atomic E-state index is 10.3. The number of phenolic OH excluding ortho intramolecular Hbond substituents is 1. The molecule has 0 saturated carbocycles. The average Bonchev–Trinajstić information content (AvgIpc) is 2.64. The molecule has 0 spiro atoms. The molecule has 0 amide bonds. The van der Waals surface area contributed by atoms with E-state index in [-0.39, 0.29) is 5.75 Å². The lowest BCUT2D eigenvalue weighted by molar-refractivity contribution is -0.231. The average molecular weight is 381 g/mol. The highest BCUT2D eigenvalue weighted by Gasteiger charge is 2.43. The summed E-state index contributed by atoms with van der Waals surface area (Å²) in [5.41, 5.74) is 2.31. The molecule has 0 radical (unpaired) electrons. The Bertz CT molecular complexity index is 748. The Morgan fingerprint density at radius 3 is 2.27 bits per heavy atom. The van der Waals surface area contributed by atoms with Crippen LogP contribution in [0.5, 0.6) is 5.75 Å². The van der Waals surface area contributed by atoms with Gasteiger partial charge in [0.15, 0.2) is 0 Å². The first kappa shape index (κ1) is 19.1. The molecule has 2 aromatic carbocycles. The van der Waals surface area contributed by atoms with Gasteiger partial charge in [0, 0.05) is 5.02 Å². The highest BCUT2D eigenvalue weighted by atomic mass is 35.5. The summed E-state index contributed by atoms with van der Waals surface area (Å²) < 4.78 is 5.59. The molecule has 0 aliphatic carbocycles. The van der Waals surface area contributed by atoms with Gasteiger partial charge in [-0.05, 0) is 41.3 Å². The topological polar surface area (TPSA) is 110 Å². The van der Waals surface area contributed by atoms with Crippen LogP contribution < -0.4 is 0 Å². The fraction of sp³-hybridized carbons (Fsp3) is 0.368. The van der Waals surface area contributed by atoms with Gasteiger partial charge in [-0.15, -0.1) is 0 Å². The summed E-state index contributed by atoms with van der Waals surface area (Å²) in [5.74, 6) is 0.176. The number of hydrogen-bond acceptors (Lipinski definition) is 6. The molecule has 6 nitrogen and oxygen atoms in total. The number of phenols is 1. The van der Waals surface area contributed by atoms with E-state index in [1.807, 2.05) is 0 Å². The molecule has 5 N–H and O–H groups in total. The first-order valence-electron chi connectivity index (χ1n) is 8.27. The third-order valence-corrected chi connectivity index (χ3v) is 4.99. The number of benzene rings is 2. The Morgan fingerprint density at radius 2 is 1.62 bits per heavy atom. The molecular weight excluding hydrogens is 360 g/mol. The van der Waals surface area contributed by atoms with Crippen LogP contribution in [0.2, 0.25) is 5.02 Å². The molecule has 1 fully saturated rings. The summed E-state index contributed by atoms with van der Waals surface area (Å²) in [6.45, 7) is -0.477. The SMILES string of the molecule is OC[C@H]1OC(c2ccc(Cl)c(Cc3ccc(O)cc3)c2)[C@@H](O)[C@@H](O)[C@H]1O. The van der Waals surface area contributed by atoms with Crippen molar-refractivity contribution in [2.24, 2.45) is 0 Å². The fourth-order valence-corrected chi connectivity index (χ4v) is 3.30. The molecular formula is C19H21ClO6. The number of aliphatic hydroxyl groups is 4. The van der Waals surface area contributed by atoms with E-state index in [1.165, 1.54) is 0 Å². The normalized spacial score (nSPS) is 28.9. The second-order valence-electron chi connectivity index (χ2n) is 6.44. The van der Waals surface area contributed by atoms with Crippen LogP contribution in [0.3, 0.4) is 0 Å². The smallest absolute Gasteiger partial charge is 0.115 e. The molecule has 5 atom stereocenters. The molecule has 0 aromatic heterocycles. The molecule has 3 rings (SSSR count). The van der Waals surface area contributed by atoms with Gasteiger partial charge in [0.05, 0.1) is 6.61 Å². The fourth-order valence-electron chi connectivity index (χ4n) is 3.12. The molecule has 1 aliphatic heterocycles. The molecule has 1 saturated heterocycles. The molecule has 1 unspecified atom stereocenters. The van der Waals surface area contributed by atoms with Crippen molar-refractivity contribution < 1.29 is 30.3 Å². The van der Waals surface area contributed by atoms with Gasteiger partial charge in [0.25, 0.3) is 0 Å². The number of rotatable bonds is 4. The largest absolute Gasteiger partial charge is 0.508 e. The monoisotopic (exact) mass is 380 g/mol. The zero-order valence-electron chi connectivity index (χ0n) is 13.9. The van der Waals surface area contributed by atoms with E-state index in [9.17, 15) is 25.5 Å². The van der Waals surface area contributed by atoms with Crippen molar-refractivity contribution in [1.82, 2.24) is 0 Å². The third-order valence-electron chi connectivity index (χ3n) is 4.62. The Morgan fingerprint density at radius 1 is 0.923 bits per heavy atom. The minimum atomic E-state index is -1.43. The minimum Gasteiger partial charge on any atom is -0.508 e. The number of hydrogen-bond donors (Lipinski definition) is 5. The minimum absolute atomic E-state index is 0.176. The first-order chi connectivity index (χ1) is 12.4. The van der Waals surface area contributed by atoms with Gasteiger partial charge >= 0.3 is 0 Å². The van der Waals surface area contributed by atoms with E-state index in [2.05, 4.69) is 0 Å². The van der Waals surface area contributed by atoms with Crippen molar-refractivity contribution in [2.45, 2.75) is 36.9 Å². The van der Waals surface area contributed by atoms with Crippen LogP contribution in [0.25, 0.3) is 0 Å². The van der Waals surface area contributed by atoms with Crippen molar-refractivity contribution in [3.63, 3.8) is 0 Å². The molecule has 26 heavy (non-hydrogen) atoms. The van der Waals surface area contributed by atoms with E-state index in [0.29, 0.717) is 17.0 Å². The highest BCUT2D eigenvalue weighted by Crippen LogP contribution is 2.34. The maximum Gasteiger partial charge on any atom is 0.115 e. The van der Waals surface area contributed by atoms with Gasteiger partial charge in [-0.25, -0.2) is 0 Å². The zero-order chi connectivity index (χ0) is 18.8. The van der Waals surface area contributed by atoms with Crippen LogP contribution in [0, 0.1) is 0 Å². The van der Waals surface area contributed by atoms with Crippen molar-refractivity contribution in [3.05, 3.63) is 64.2 Å². The van der Waals surface area contributed by atoms with Crippen LogP contribution in [0.15, 0.2) is 42.5 Å². The molecule has 140 valence electrons. The third kappa shape index (κ3) is 3.86. The number of aromatic hydroxyl groups is 1. The van der Waals surface area contributed by atoms with Crippen LogP contribution >= 0.6 is 11.6 Å². The summed E-state index contributed by atoms with van der Waals surface area (Å²) >= 11 is 6.28. The number of ether oxygens (including phenoxy) is 1. The summed E-state index contributed by atoms with van der Waals surface area (Å²) in [4.78, 5) is 0. The van der Waals surface area contributed by atoms with E-state index >= 15 is 0 Å². The first-order valence-corrected chi connectivity index (χ1v) is 8.65. The van der Waals surface area contributed by atoms with Crippen LogP contribution in [0.4, 0.5) is 0 Å². The molecule has 0 bridgehead atoms. The number of aliphatic hydroxyl groups excluding tert-OH is 4. The lowest BCUT2D eigenvalue weighted by Gasteiger charge is -2.40. The second-order valence-corrected chi connectivity index (χ2v) is 6.85. The van der Waals surface area contributed by atoms with Gasteiger partial charge in [0.2, 0.25) is 0 Å². The maximum absolute atomic E-state index is 10.3.